The molecular formula is C40H51NO2Si2. The van der Waals surface area contributed by atoms with E-state index >= 15 is 0 Å². The lowest BCUT2D eigenvalue weighted by atomic mass is 10.0. The Morgan fingerprint density at radius 3 is 1.29 bits per heavy atom. The smallest absolute Gasteiger partial charge is 0.261 e. The maximum absolute atomic E-state index is 8.04. The number of piperidine rings is 1. The monoisotopic (exact) mass is 633 g/mol. The van der Waals surface area contributed by atoms with Crippen LogP contribution in [0.4, 0.5) is 0 Å². The molecule has 0 spiro atoms. The van der Waals surface area contributed by atoms with E-state index in [9.17, 15) is 0 Å². The van der Waals surface area contributed by atoms with Crippen LogP contribution in [-0.2, 0) is 8.85 Å². The van der Waals surface area contributed by atoms with Gasteiger partial charge in [0.15, 0.2) is 0 Å². The Morgan fingerprint density at radius 2 is 0.911 bits per heavy atom. The van der Waals surface area contributed by atoms with Crippen molar-refractivity contribution < 1.29 is 8.85 Å². The molecule has 4 aromatic rings. The number of benzene rings is 4. The molecule has 0 aliphatic carbocycles. The van der Waals surface area contributed by atoms with Gasteiger partial charge in [0.25, 0.3) is 16.6 Å². The molecule has 6 rings (SSSR count). The minimum absolute atomic E-state index is 0.0294. The SMILES string of the molecule is CC(C)(C)[Si](O[C@@H]1[C@@H](O[Si](c2ccccc2)(c2ccccc2)C(C)(C)C)CN2CCCC[C@@H]12)(c1ccccc1)c1ccccc1. The molecule has 5 heteroatoms. The second kappa shape index (κ2) is 12.8. The number of hydrogen-bond donors (Lipinski definition) is 0. The van der Waals surface area contributed by atoms with E-state index in [2.05, 4.69) is 168 Å². The van der Waals surface area contributed by atoms with Crippen LogP contribution >= 0.6 is 0 Å². The Labute approximate surface area is 273 Å². The Hall–Kier alpha value is -2.81. The van der Waals surface area contributed by atoms with Crippen molar-refractivity contribution in [3.8, 4) is 0 Å². The highest BCUT2D eigenvalue weighted by atomic mass is 28.4. The topological polar surface area (TPSA) is 21.7 Å². The van der Waals surface area contributed by atoms with Crippen LogP contribution in [0.2, 0.25) is 10.1 Å². The molecular weight excluding hydrogens is 583 g/mol. The normalized spacial score (nSPS) is 21.4. The fraction of sp³-hybridized carbons (Fsp3) is 0.400. The van der Waals surface area contributed by atoms with Crippen molar-refractivity contribution in [1.82, 2.24) is 4.90 Å². The second-order valence-electron chi connectivity index (χ2n) is 15.1. The maximum Gasteiger partial charge on any atom is 0.261 e. The largest absolute Gasteiger partial charge is 0.400 e. The van der Waals surface area contributed by atoms with Gasteiger partial charge in [0.2, 0.25) is 0 Å². The molecule has 236 valence electrons. The Kier molecular flexibility index (Phi) is 9.12. The summed E-state index contributed by atoms with van der Waals surface area (Å²) in [5, 5.41) is 5.14. The lowest BCUT2D eigenvalue weighted by molar-refractivity contribution is 0.0503. The summed E-state index contributed by atoms with van der Waals surface area (Å²) < 4.78 is 16.0. The molecule has 0 saturated carbocycles. The van der Waals surface area contributed by atoms with Gasteiger partial charge in [0.1, 0.15) is 0 Å². The minimum atomic E-state index is -2.80. The third-order valence-electron chi connectivity index (χ3n) is 10.3. The average Bonchev–Trinajstić information content (AvgIpc) is 3.39. The fourth-order valence-electron chi connectivity index (χ4n) is 8.27. The van der Waals surface area contributed by atoms with Gasteiger partial charge in [-0.2, -0.15) is 0 Å². The zero-order valence-corrected chi connectivity index (χ0v) is 30.1. The highest BCUT2D eigenvalue weighted by molar-refractivity contribution is 7.00. The predicted octanol–water partition coefficient (Wildman–Crippen LogP) is 6.74. The van der Waals surface area contributed by atoms with E-state index in [-0.39, 0.29) is 22.3 Å². The van der Waals surface area contributed by atoms with Crippen LogP contribution in [0.3, 0.4) is 0 Å². The van der Waals surface area contributed by atoms with Crippen molar-refractivity contribution in [2.24, 2.45) is 0 Å². The van der Waals surface area contributed by atoms with E-state index in [1.807, 2.05) is 0 Å². The number of hydrogen-bond acceptors (Lipinski definition) is 3. The predicted molar refractivity (Wildman–Crippen MR) is 194 cm³/mol. The molecule has 2 heterocycles. The summed E-state index contributed by atoms with van der Waals surface area (Å²) in [6, 6.07) is 44.8. The number of rotatable bonds is 8. The Morgan fingerprint density at radius 1 is 0.533 bits per heavy atom. The molecule has 0 N–H and O–H groups in total. The van der Waals surface area contributed by atoms with Crippen molar-refractivity contribution in [2.45, 2.75) is 89.1 Å². The first-order valence-corrected chi connectivity index (χ1v) is 20.7. The molecule has 2 aliphatic rings. The highest BCUT2D eigenvalue weighted by Crippen LogP contribution is 2.44. The minimum Gasteiger partial charge on any atom is -0.400 e. The van der Waals surface area contributed by atoms with Crippen LogP contribution in [0.5, 0.6) is 0 Å². The van der Waals surface area contributed by atoms with Gasteiger partial charge in [-0.3, -0.25) is 4.90 Å². The first-order valence-electron chi connectivity index (χ1n) is 16.9. The van der Waals surface area contributed by atoms with Crippen LogP contribution in [0.15, 0.2) is 121 Å². The molecule has 2 saturated heterocycles. The van der Waals surface area contributed by atoms with E-state index in [0.717, 1.165) is 19.5 Å². The van der Waals surface area contributed by atoms with E-state index in [1.165, 1.54) is 33.6 Å². The molecule has 0 radical (unpaired) electrons. The van der Waals surface area contributed by atoms with Gasteiger partial charge in [-0.25, -0.2) is 0 Å². The molecule has 2 aliphatic heterocycles. The Balaban J connectivity index is 1.53. The lowest BCUT2D eigenvalue weighted by Gasteiger charge is -2.49. The van der Waals surface area contributed by atoms with Gasteiger partial charge < -0.3 is 8.85 Å². The molecule has 3 nitrogen and oxygen atoms in total. The third-order valence-corrected chi connectivity index (χ3v) is 20.4. The van der Waals surface area contributed by atoms with Crippen molar-refractivity contribution in [3.63, 3.8) is 0 Å². The molecule has 0 amide bonds. The quantitative estimate of drug-likeness (QED) is 0.201. The molecule has 2 fully saturated rings. The summed E-state index contributed by atoms with van der Waals surface area (Å²) in [6.07, 6.45) is 3.57. The van der Waals surface area contributed by atoms with Crippen LogP contribution in [0.1, 0.15) is 60.8 Å². The first kappa shape index (κ1) is 32.1. The van der Waals surface area contributed by atoms with Crippen molar-refractivity contribution >= 4 is 37.4 Å². The van der Waals surface area contributed by atoms with Gasteiger partial charge in [-0.15, -0.1) is 0 Å². The fourth-order valence-corrected chi connectivity index (χ4v) is 17.7. The lowest BCUT2D eigenvalue weighted by Crippen LogP contribution is -2.71. The van der Waals surface area contributed by atoms with Crippen LogP contribution < -0.4 is 20.7 Å². The molecule has 0 unspecified atom stereocenters. The maximum atomic E-state index is 8.04. The van der Waals surface area contributed by atoms with Crippen molar-refractivity contribution in [1.29, 1.82) is 0 Å². The zero-order valence-electron chi connectivity index (χ0n) is 28.1. The summed E-state index contributed by atoms with van der Waals surface area (Å²) in [7, 11) is -5.60. The highest BCUT2D eigenvalue weighted by Gasteiger charge is 2.59. The number of nitrogens with zero attached hydrogens (tertiary/aromatic N) is 1. The van der Waals surface area contributed by atoms with Crippen molar-refractivity contribution in [2.75, 3.05) is 13.1 Å². The van der Waals surface area contributed by atoms with Gasteiger partial charge in [-0.05, 0) is 50.2 Å². The van der Waals surface area contributed by atoms with Crippen LogP contribution in [0.25, 0.3) is 0 Å². The first-order chi connectivity index (χ1) is 21.6. The second-order valence-corrected chi connectivity index (χ2v) is 23.6. The number of fused-ring (bicyclic) bond motifs is 1. The molecule has 0 bridgehead atoms. The van der Waals surface area contributed by atoms with Gasteiger partial charge in [0, 0.05) is 12.6 Å². The van der Waals surface area contributed by atoms with Gasteiger partial charge in [0.05, 0.1) is 12.2 Å². The van der Waals surface area contributed by atoms with E-state index in [1.54, 1.807) is 0 Å². The molecule has 4 aromatic carbocycles. The summed E-state index contributed by atoms with van der Waals surface area (Å²) in [4.78, 5) is 2.70. The van der Waals surface area contributed by atoms with E-state index in [4.69, 9.17) is 8.85 Å². The van der Waals surface area contributed by atoms with Gasteiger partial charge in [-0.1, -0.05) is 169 Å². The third kappa shape index (κ3) is 5.83. The van der Waals surface area contributed by atoms with Crippen LogP contribution in [0, 0.1) is 0 Å². The summed E-state index contributed by atoms with van der Waals surface area (Å²) in [6.45, 7) is 16.4. The van der Waals surface area contributed by atoms with Crippen LogP contribution in [-0.4, -0.2) is 52.9 Å². The average molecular weight is 634 g/mol. The summed E-state index contributed by atoms with van der Waals surface area (Å²) in [5.74, 6) is 0. The summed E-state index contributed by atoms with van der Waals surface area (Å²) in [5.41, 5.74) is 0. The molecule has 45 heavy (non-hydrogen) atoms. The van der Waals surface area contributed by atoms with Gasteiger partial charge >= 0.3 is 0 Å². The van der Waals surface area contributed by atoms with E-state index in [0.29, 0.717) is 6.04 Å². The Bertz CT molecular complexity index is 1440. The zero-order chi connectivity index (χ0) is 31.7. The molecule has 0 aromatic heterocycles. The molecule has 3 atom stereocenters. The standard InChI is InChI=1S/C40H51NO2Si2/c1-39(2,3)44(32-21-11-7-12-22-32,33-23-13-8-14-24-33)42-37-31-41-30-20-19-29-36(41)38(37)43-45(40(4,5)6,34-25-15-9-16-26-34)35-27-17-10-18-28-35/h7-18,21-28,36-38H,19-20,29-31H2,1-6H3/t36-,37-,38-/m0/s1. The van der Waals surface area contributed by atoms with E-state index < -0.39 is 16.6 Å². The summed E-state index contributed by atoms with van der Waals surface area (Å²) >= 11 is 0. The van der Waals surface area contributed by atoms with Crippen molar-refractivity contribution in [3.05, 3.63) is 121 Å².